The SMILES string of the molecule is CN(C)[C@H](C(=O)N1CCN(C(=O)c2cc(CN3C=CCc4ccccc43)ccc2F)CC1)C(F)(F)F. The van der Waals surface area contributed by atoms with Crippen LogP contribution in [0.15, 0.2) is 54.7 Å². The van der Waals surface area contributed by atoms with E-state index in [1.54, 1.807) is 6.07 Å². The number of carbonyl (C=O) groups excluding carboxylic acids is 2. The standard InChI is InChI=1S/C26H28F4N4O2/c1-31(2)23(26(28,29)30)25(36)33-14-12-32(13-15-33)24(35)20-16-18(9-10-21(20)27)17-34-11-5-7-19-6-3-4-8-22(19)34/h3-6,8-11,16,23H,7,12-15,17H2,1-2H3/t23-/m1/s1. The van der Waals surface area contributed by atoms with Gasteiger partial charge < -0.3 is 14.7 Å². The van der Waals surface area contributed by atoms with Crippen LogP contribution in [0.25, 0.3) is 0 Å². The molecule has 0 bridgehead atoms. The Morgan fingerprint density at radius 1 is 1.00 bits per heavy atom. The molecule has 36 heavy (non-hydrogen) atoms. The summed E-state index contributed by atoms with van der Waals surface area (Å²) >= 11 is 0. The van der Waals surface area contributed by atoms with Crippen LogP contribution >= 0.6 is 0 Å². The molecule has 0 spiro atoms. The lowest BCUT2D eigenvalue weighted by Gasteiger charge is -2.38. The van der Waals surface area contributed by atoms with Crippen molar-refractivity contribution in [1.29, 1.82) is 0 Å². The minimum atomic E-state index is -4.71. The van der Waals surface area contributed by atoms with Gasteiger partial charge in [0.25, 0.3) is 5.91 Å². The van der Waals surface area contributed by atoms with Crippen LogP contribution in [0, 0.1) is 5.82 Å². The molecule has 2 aliphatic rings. The molecular weight excluding hydrogens is 476 g/mol. The van der Waals surface area contributed by atoms with Gasteiger partial charge in [0.2, 0.25) is 5.91 Å². The number of fused-ring (bicyclic) bond motifs is 1. The number of alkyl halides is 3. The van der Waals surface area contributed by atoms with Gasteiger partial charge in [0, 0.05) is 44.6 Å². The summed E-state index contributed by atoms with van der Waals surface area (Å²) in [6, 6.07) is 10.1. The summed E-state index contributed by atoms with van der Waals surface area (Å²) in [5, 5.41) is 0. The van der Waals surface area contributed by atoms with Crippen LogP contribution in [0.1, 0.15) is 21.5 Å². The highest BCUT2D eigenvalue weighted by Gasteiger charge is 2.48. The monoisotopic (exact) mass is 504 g/mol. The van der Waals surface area contributed by atoms with E-state index in [0.29, 0.717) is 6.54 Å². The van der Waals surface area contributed by atoms with Crippen molar-refractivity contribution >= 4 is 17.5 Å². The van der Waals surface area contributed by atoms with Crippen molar-refractivity contribution in [3.05, 3.63) is 77.2 Å². The number of nitrogens with zero attached hydrogens (tertiary/aromatic N) is 4. The van der Waals surface area contributed by atoms with Gasteiger partial charge in [-0.05, 0) is 49.8 Å². The van der Waals surface area contributed by atoms with Gasteiger partial charge in [-0.2, -0.15) is 13.2 Å². The van der Waals surface area contributed by atoms with Crippen LogP contribution in [-0.4, -0.2) is 79.0 Å². The molecule has 2 aromatic carbocycles. The second-order valence-corrected chi connectivity index (χ2v) is 9.18. The molecule has 1 fully saturated rings. The van der Waals surface area contributed by atoms with Gasteiger partial charge in [0.1, 0.15) is 5.82 Å². The maximum absolute atomic E-state index is 14.7. The molecule has 2 aromatic rings. The molecular formula is C26H28F4N4O2. The zero-order valence-corrected chi connectivity index (χ0v) is 20.1. The number of allylic oxidation sites excluding steroid dienone is 1. The Balaban J connectivity index is 1.44. The number of anilines is 1. The number of rotatable bonds is 5. The number of halogens is 4. The maximum Gasteiger partial charge on any atom is 0.412 e. The average Bonchev–Trinajstić information content (AvgIpc) is 2.84. The van der Waals surface area contributed by atoms with E-state index in [-0.39, 0.29) is 31.7 Å². The van der Waals surface area contributed by atoms with Crippen molar-refractivity contribution in [2.24, 2.45) is 0 Å². The fourth-order valence-electron chi connectivity index (χ4n) is 4.65. The zero-order chi connectivity index (χ0) is 26.0. The highest BCUT2D eigenvalue weighted by Crippen LogP contribution is 2.28. The molecule has 2 aliphatic heterocycles. The summed E-state index contributed by atoms with van der Waals surface area (Å²) in [6.45, 7) is 0.381. The van der Waals surface area contributed by atoms with Crippen LogP contribution < -0.4 is 4.90 Å². The predicted molar refractivity (Wildman–Crippen MR) is 128 cm³/mol. The first-order valence-electron chi connectivity index (χ1n) is 11.7. The number of para-hydroxylation sites is 1. The predicted octanol–water partition coefficient (Wildman–Crippen LogP) is 3.68. The van der Waals surface area contributed by atoms with Crippen molar-refractivity contribution in [3.63, 3.8) is 0 Å². The van der Waals surface area contributed by atoms with E-state index in [2.05, 4.69) is 0 Å². The van der Waals surface area contributed by atoms with Gasteiger partial charge in [-0.15, -0.1) is 0 Å². The van der Waals surface area contributed by atoms with E-state index in [4.69, 9.17) is 0 Å². The van der Waals surface area contributed by atoms with E-state index < -0.39 is 29.8 Å². The number of hydrogen-bond acceptors (Lipinski definition) is 4. The minimum Gasteiger partial charge on any atom is -0.344 e. The molecule has 1 saturated heterocycles. The maximum atomic E-state index is 14.7. The molecule has 0 N–H and O–H groups in total. The average molecular weight is 505 g/mol. The fourth-order valence-corrected chi connectivity index (χ4v) is 4.65. The number of piperazine rings is 1. The van der Waals surface area contributed by atoms with Crippen LogP contribution in [0.4, 0.5) is 23.2 Å². The van der Waals surface area contributed by atoms with Crippen molar-refractivity contribution in [2.45, 2.75) is 25.2 Å². The van der Waals surface area contributed by atoms with Crippen molar-refractivity contribution < 1.29 is 27.2 Å². The van der Waals surface area contributed by atoms with Crippen molar-refractivity contribution in [1.82, 2.24) is 14.7 Å². The molecule has 6 nitrogen and oxygen atoms in total. The highest BCUT2D eigenvalue weighted by atomic mass is 19.4. The van der Waals surface area contributed by atoms with Crippen LogP contribution in [0.5, 0.6) is 0 Å². The lowest BCUT2D eigenvalue weighted by molar-refractivity contribution is -0.191. The Bertz CT molecular complexity index is 1160. The topological polar surface area (TPSA) is 47.1 Å². The Hall–Kier alpha value is -3.40. The van der Waals surface area contributed by atoms with Crippen LogP contribution in [0.3, 0.4) is 0 Å². The summed E-state index contributed by atoms with van der Waals surface area (Å²) in [7, 11) is 2.40. The molecule has 0 aliphatic carbocycles. The Morgan fingerprint density at radius 2 is 1.67 bits per heavy atom. The van der Waals surface area contributed by atoms with Gasteiger partial charge in [0.15, 0.2) is 6.04 Å². The summed E-state index contributed by atoms with van der Waals surface area (Å²) in [6.07, 6.45) is 0.122. The molecule has 4 rings (SSSR count). The van der Waals surface area contributed by atoms with E-state index >= 15 is 0 Å². The van der Waals surface area contributed by atoms with Gasteiger partial charge in [-0.25, -0.2) is 4.39 Å². The summed E-state index contributed by atoms with van der Waals surface area (Å²) in [5.41, 5.74) is 2.87. The minimum absolute atomic E-state index is 0.0223. The number of benzene rings is 2. The summed E-state index contributed by atoms with van der Waals surface area (Å²) in [4.78, 5) is 31.0. The summed E-state index contributed by atoms with van der Waals surface area (Å²) in [5.74, 6) is -2.26. The molecule has 0 aromatic heterocycles. The first-order chi connectivity index (χ1) is 17.1. The first-order valence-corrected chi connectivity index (χ1v) is 11.7. The number of carbonyl (C=O) groups is 2. The molecule has 0 saturated carbocycles. The molecule has 1 atom stereocenters. The lowest BCUT2D eigenvalue weighted by Crippen LogP contribution is -2.58. The lowest BCUT2D eigenvalue weighted by atomic mass is 10.0. The second kappa shape index (κ2) is 10.3. The third-order valence-corrected chi connectivity index (χ3v) is 6.48. The van der Waals surface area contributed by atoms with E-state index in [9.17, 15) is 27.2 Å². The molecule has 2 heterocycles. The Kier molecular flexibility index (Phi) is 7.35. The molecule has 2 amide bonds. The quantitative estimate of drug-likeness (QED) is 0.583. The fraction of sp³-hybridized carbons (Fsp3) is 0.385. The van der Waals surface area contributed by atoms with Gasteiger partial charge in [-0.3, -0.25) is 14.5 Å². The van der Waals surface area contributed by atoms with Crippen LogP contribution in [0.2, 0.25) is 0 Å². The van der Waals surface area contributed by atoms with E-state index in [1.165, 1.54) is 36.7 Å². The normalized spacial score (nSPS) is 16.8. The zero-order valence-electron chi connectivity index (χ0n) is 20.1. The number of hydrogen-bond donors (Lipinski definition) is 0. The van der Waals surface area contributed by atoms with Crippen molar-refractivity contribution in [2.75, 3.05) is 45.2 Å². The van der Waals surface area contributed by atoms with Crippen molar-refractivity contribution in [3.8, 4) is 0 Å². The highest BCUT2D eigenvalue weighted by molar-refractivity contribution is 5.95. The van der Waals surface area contributed by atoms with Gasteiger partial charge in [-0.1, -0.05) is 30.3 Å². The number of amides is 2. The van der Waals surface area contributed by atoms with Gasteiger partial charge in [0.05, 0.1) is 5.56 Å². The molecule has 0 unspecified atom stereocenters. The smallest absolute Gasteiger partial charge is 0.344 e. The second-order valence-electron chi connectivity index (χ2n) is 9.18. The van der Waals surface area contributed by atoms with Crippen LogP contribution in [-0.2, 0) is 17.8 Å². The third kappa shape index (κ3) is 5.38. The third-order valence-electron chi connectivity index (χ3n) is 6.48. The first kappa shape index (κ1) is 25.7. The number of likely N-dealkylation sites (N-methyl/N-ethyl adjacent to an activating group) is 1. The molecule has 10 heteroatoms. The molecule has 192 valence electrons. The largest absolute Gasteiger partial charge is 0.412 e. The van der Waals surface area contributed by atoms with E-state index in [0.717, 1.165) is 27.5 Å². The molecule has 0 radical (unpaired) electrons. The van der Waals surface area contributed by atoms with Gasteiger partial charge >= 0.3 is 6.18 Å². The summed E-state index contributed by atoms with van der Waals surface area (Å²) < 4.78 is 54.6. The van der Waals surface area contributed by atoms with E-state index in [1.807, 2.05) is 41.4 Å². The Morgan fingerprint density at radius 3 is 2.33 bits per heavy atom. The Labute approximate surface area is 207 Å².